The normalized spacial score (nSPS) is 16.6. The smallest absolute Gasteiger partial charge is 0.203 e. The number of Topliss-reactive ketones (excluding diaryl/α,β-unsaturated/α-hetero) is 1. The molecule has 1 aliphatic rings. The van der Waals surface area contributed by atoms with Crippen LogP contribution in [0.4, 0.5) is 0 Å². The molecule has 0 N–H and O–H groups in total. The van der Waals surface area contributed by atoms with Crippen LogP contribution in [0, 0.1) is 6.92 Å². The van der Waals surface area contributed by atoms with Crippen molar-refractivity contribution >= 4 is 17.9 Å². The number of ketones is 1. The Balaban J connectivity index is 2.04. The first-order valence-corrected chi connectivity index (χ1v) is 11.1. The molecule has 0 radical (unpaired) electrons. The Kier molecular flexibility index (Phi) is 8.23. The highest BCUT2D eigenvalue weighted by molar-refractivity contribution is 6.14. The first-order valence-electron chi connectivity index (χ1n) is 11.1. The topological polar surface area (TPSA) is 66.5 Å². The molecular weight excluding hydrogens is 434 g/mol. The highest BCUT2D eigenvalue weighted by atomic mass is 16.5. The Morgan fingerprint density at radius 2 is 1.18 bits per heavy atom. The summed E-state index contributed by atoms with van der Waals surface area (Å²) in [6.07, 6.45) is 3.82. The van der Waals surface area contributed by atoms with Gasteiger partial charge in [0.1, 0.15) is 0 Å². The summed E-state index contributed by atoms with van der Waals surface area (Å²) >= 11 is 0. The van der Waals surface area contributed by atoms with Gasteiger partial charge in [-0.25, -0.2) is 0 Å². The van der Waals surface area contributed by atoms with E-state index in [0.29, 0.717) is 47.4 Å². The maximum atomic E-state index is 13.5. The van der Waals surface area contributed by atoms with Crippen molar-refractivity contribution in [2.75, 3.05) is 55.2 Å². The number of rotatable bonds is 8. The number of methoxy groups -OCH3 is 5. The fourth-order valence-corrected chi connectivity index (χ4v) is 4.19. The molecule has 34 heavy (non-hydrogen) atoms. The third kappa shape index (κ3) is 5.20. The van der Waals surface area contributed by atoms with Crippen LogP contribution in [0.25, 0.3) is 12.2 Å². The van der Waals surface area contributed by atoms with Crippen molar-refractivity contribution in [3.8, 4) is 28.7 Å². The van der Waals surface area contributed by atoms with E-state index in [0.717, 1.165) is 28.8 Å². The molecule has 0 amide bonds. The van der Waals surface area contributed by atoms with Crippen molar-refractivity contribution in [2.45, 2.75) is 13.8 Å². The van der Waals surface area contributed by atoms with Gasteiger partial charge in [0.25, 0.3) is 0 Å². The van der Waals surface area contributed by atoms with Crippen LogP contribution in [-0.4, -0.2) is 65.9 Å². The highest BCUT2D eigenvalue weighted by Gasteiger charge is 2.26. The lowest BCUT2D eigenvalue weighted by Crippen LogP contribution is -2.37. The maximum absolute atomic E-state index is 13.5. The molecule has 1 saturated heterocycles. The zero-order valence-electron chi connectivity index (χ0n) is 21.0. The fraction of sp³-hybridized carbons (Fsp3) is 0.370. The molecule has 1 aliphatic heterocycles. The lowest BCUT2D eigenvalue weighted by Gasteiger charge is -2.28. The van der Waals surface area contributed by atoms with Crippen molar-refractivity contribution in [1.82, 2.24) is 4.90 Å². The number of carbonyl (C=O) groups is 1. The molecule has 3 rings (SSSR count). The summed E-state index contributed by atoms with van der Waals surface area (Å²) in [6, 6.07) is 7.57. The van der Waals surface area contributed by atoms with Gasteiger partial charge in [-0.05, 0) is 66.6 Å². The van der Waals surface area contributed by atoms with Gasteiger partial charge in [0.05, 0.1) is 35.5 Å². The van der Waals surface area contributed by atoms with E-state index in [9.17, 15) is 4.79 Å². The fourth-order valence-electron chi connectivity index (χ4n) is 4.19. The number of ether oxygens (including phenoxy) is 5. The van der Waals surface area contributed by atoms with Gasteiger partial charge in [-0.2, -0.15) is 0 Å². The second kappa shape index (κ2) is 11.1. The van der Waals surface area contributed by atoms with Crippen LogP contribution in [0.3, 0.4) is 0 Å². The molecule has 0 aliphatic carbocycles. The number of likely N-dealkylation sites (tertiary alicyclic amines) is 1. The van der Waals surface area contributed by atoms with Crippen LogP contribution in [0.1, 0.15) is 23.6 Å². The third-order valence-corrected chi connectivity index (χ3v) is 5.87. The number of benzene rings is 2. The molecule has 2 aromatic carbocycles. The van der Waals surface area contributed by atoms with Crippen LogP contribution in [0.5, 0.6) is 28.7 Å². The molecule has 0 spiro atoms. The Labute approximate surface area is 201 Å². The number of aryl methyl sites for hydroxylation is 1. The van der Waals surface area contributed by atoms with Crippen LogP contribution >= 0.6 is 0 Å². The van der Waals surface area contributed by atoms with Crippen molar-refractivity contribution in [3.05, 3.63) is 52.1 Å². The predicted octanol–water partition coefficient (Wildman–Crippen LogP) is 4.41. The molecule has 0 atom stereocenters. The summed E-state index contributed by atoms with van der Waals surface area (Å²) in [5.74, 6) is 2.95. The first-order chi connectivity index (χ1) is 16.4. The summed E-state index contributed by atoms with van der Waals surface area (Å²) in [4.78, 5) is 15.7. The van der Waals surface area contributed by atoms with E-state index in [4.69, 9.17) is 23.7 Å². The largest absolute Gasteiger partial charge is 0.493 e. The Bertz CT molecular complexity index is 1090. The van der Waals surface area contributed by atoms with E-state index in [1.165, 1.54) is 0 Å². The second-order valence-corrected chi connectivity index (χ2v) is 8.00. The van der Waals surface area contributed by atoms with Gasteiger partial charge in [-0.1, -0.05) is 6.92 Å². The molecule has 2 aromatic rings. The van der Waals surface area contributed by atoms with Gasteiger partial charge in [-0.15, -0.1) is 0 Å². The zero-order chi connectivity index (χ0) is 24.8. The molecule has 0 saturated carbocycles. The number of carbonyl (C=O) groups excluding carboxylic acids is 1. The quantitative estimate of drug-likeness (QED) is 0.533. The Morgan fingerprint density at radius 3 is 1.59 bits per heavy atom. The number of piperidine rings is 1. The van der Waals surface area contributed by atoms with Crippen molar-refractivity contribution in [2.24, 2.45) is 0 Å². The van der Waals surface area contributed by atoms with E-state index >= 15 is 0 Å². The van der Waals surface area contributed by atoms with Gasteiger partial charge < -0.3 is 23.7 Å². The molecule has 1 fully saturated rings. The SMILES string of the molecule is CCN1C/C(=C\c2cc(C)c(OC)c(OC)c2)C(=O)/C(=C/c2cc(OC)c(OC)c(OC)c2)C1. The predicted molar refractivity (Wildman–Crippen MR) is 133 cm³/mol. The summed E-state index contributed by atoms with van der Waals surface area (Å²) in [5.41, 5.74) is 4.06. The van der Waals surface area contributed by atoms with Crippen LogP contribution < -0.4 is 23.7 Å². The minimum atomic E-state index is 0.0193. The monoisotopic (exact) mass is 467 g/mol. The van der Waals surface area contributed by atoms with Crippen molar-refractivity contribution < 1.29 is 28.5 Å². The van der Waals surface area contributed by atoms with E-state index in [2.05, 4.69) is 11.8 Å². The molecule has 0 bridgehead atoms. The minimum Gasteiger partial charge on any atom is -0.493 e. The molecular formula is C27H33NO6. The van der Waals surface area contributed by atoms with Crippen LogP contribution in [0.15, 0.2) is 35.4 Å². The van der Waals surface area contributed by atoms with E-state index in [1.54, 1.807) is 35.5 Å². The van der Waals surface area contributed by atoms with Gasteiger partial charge in [-0.3, -0.25) is 9.69 Å². The molecule has 0 unspecified atom stereocenters. The molecule has 7 heteroatoms. The second-order valence-electron chi connectivity index (χ2n) is 8.00. The average molecular weight is 468 g/mol. The lowest BCUT2D eigenvalue weighted by atomic mass is 9.93. The van der Waals surface area contributed by atoms with Crippen molar-refractivity contribution in [1.29, 1.82) is 0 Å². The van der Waals surface area contributed by atoms with Gasteiger partial charge >= 0.3 is 0 Å². The standard InChI is InChI=1S/C27H33NO6/c1-8-28-15-20(10-18-9-17(2)26(33-6)22(12-18)30-3)25(29)21(16-28)11-19-13-23(31-4)27(34-7)24(14-19)32-5/h9-14H,8,15-16H2,1-7H3/b20-10+,21-11+. The number of likely N-dealkylation sites (N-methyl/N-ethyl adjacent to an activating group) is 1. The van der Waals surface area contributed by atoms with E-state index in [1.807, 2.05) is 43.3 Å². The Hall–Kier alpha value is -3.45. The summed E-state index contributed by atoms with van der Waals surface area (Å²) in [7, 11) is 7.94. The van der Waals surface area contributed by atoms with Crippen LogP contribution in [0.2, 0.25) is 0 Å². The average Bonchev–Trinajstić information content (AvgIpc) is 2.85. The first kappa shape index (κ1) is 25.2. The minimum absolute atomic E-state index is 0.0193. The Morgan fingerprint density at radius 1 is 0.735 bits per heavy atom. The van der Waals surface area contributed by atoms with Gasteiger partial charge in [0.15, 0.2) is 28.8 Å². The zero-order valence-corrected chi connectivity index (χ0v) is 21.0. The highest BCUT2D eigenvalue weighted by Crippen LogP contribution is 2.39. The van der Waals surface area contributed by atoms with Gasteiger partial charge in [0, 0.05) is 24.2 Å². The third-order valence-electron chi connectivity index (χ3n) is 5.87. The molecule has 7 nitrogen and oxygen atoms in total. The molecule has 0 aromatic heterocycles. The summed E-state index contributed by atoms with van der Waals surface area (Å²) in [6.45, 7) is 6.01. The number of hydrogen-bond acceptors (Lipinski definition) is 7. The summed E-state index contributed by atoms with van der Waals surface area (Å²) in [5, 5.41) is 0. The number of hydrogen-bond donors (Lipinski definition) is 0. The van der Waals surface area contributed by atoms with Crippen molar-refractivity contribution in [3.63, 3.8) is 0 Å². The summed E-state index contributed by atoms with van der Waals surface area (Å²) < 4.78 is 27.3. The van der Waals surface area contributed by atoms with E-state index in [-0.39, 0.29) is 5.78 Å². The lowest BCUT2D eigenvalue weighted by molar-refractivity contribution is -0.113. The molecule has 182 valence electrons. The maximum Gasteiger partial charge on any atom is 0.203 e. The van der Waals surface area contributed by atoms with Crippen LogP contribution in [-0.2, 0) is 4.79 Å². The van der Waals surface area contributed by atoms with Gasteiger partial charge in [0.2, 0.25) is 5.75 Å². The number of nitrogens with zero attached hydrogens (tertiary/aromatic N) is 1. The molecule has 1 heterocycles. The van der Waals surface area contributed by atoms with E-state index < -0.39 is 0 Å².